The number of methoxy groups -OCH3 is 1. The van der Waals surface area contributed by atoms with E-state index in [0.29, 0.717) is 5.75 Å². The van der Waals surface area contributed by atoms with Crippen molar-refractivity contribution in [3.63, 3.8) is 0 Å². The summed E-state index contributed by atoms with van der Waals surface area (Å²) in [6.07, 6.45) is 0.554. The standard InChI is InChI=1S/C23H30N2O7S/c1-31-20-10-8-17(9-11-20)13-24(33(2,29)30)21-12-19(14-26)25(22(21)15-27)23(28)32-16-18-6-4-3-5-7-18/h3-11,19,21-22,26-27H,12-16H2,1-2H3/t19-,21-,22-/m0/s1. The molecule has 10 heteroatoms. The molecule has 1 aliphatic rings. The van der Waals surface area contributed by atoms with E-state index < -0.39 is 40.8 Å². The van der Waals surface area contributed by atoms with Crippen molar-refractivity contribution in [2.75, 3.05) is 26.6 Å². The summed E-state index contributed by atoms with van der Waals surface area (Å²) in [5.41, 5.74) is 1.52. The lowest BCUT2D eigenvalue weighted by molar-refractivity contribution is 0.0469. The molecule has 0 aliphatic carbocycles. The third-order valence-electron chi connectivity index (χ3n) is 5.82. The smallest absolute Gasteiger partial charge is 0.410 e. The zero-order valence-electron chi connectivity index (χ0n) is 18.7. The van der Waals surface area contributed by atoms with Gasteiger partial charge in [-0.25, -0.2) is 13.2 Å². The molecule has 1 saturated heterocycles. The Bertz CT molecular complexity index is 1010. The van der Waals surface area contributed by atoms with E-state index in [1.807, 2.05) is 30.3 Å². The van der Waals surface area contributed by atoms with Crippen LogP contribution in [0.3, 0.4) is 0 Å². The normalized spacial score (nSPS) is 20.8. The molecule has 2 N–H and O–H groups in total. The zero-order chi connectivity index (χ0) is 24.0. The second-order valence-electron chi connectivity index (χ2n) is 7.99. The Morgan fingerprint density at radius 1 is 1.06 bits per heavy atom. The maximum Gasteiger partial charge on any atom is 0.410 e. The van der Waals surface area contributed by atoms with Gasteiger partial charge < -0.3 is 19.7 Å². The van der Waals surface area contributed by atoms with Gasteiger partial charge in [0.25, 0.3) is 0 Å². The number of carbonyl (C=O) groups excluding carboxylic acids is 1. The molecule has 2 aromatic carbocycles. The fraction of sp³-hybridized carbons (Fsp3) is 0.435. The fourth-order valence-corrected chi connectivity index (χ4v) is 5.26. The highest BCUT2D eigenvalue weighted by Crippen LogP contribution is 2.32. The van der Waals surface area contributed by atoms with E-state index >= 15 is 0 Å². The molecule has 0 spiro atoms. The van der Waals surface area contributed by atoms with Crippen LogP contribution in [0.15, 0.2) is 54.6 Å². The Morgan fingerprint density at radius 2 is 1.73 bits per heavy atom. The van der Waals surface area contributed by atoms with Gasteiger partial charge in [-0.3, -0.25) is 4.90 Å². The first-order chi connectivity index (χ1) is 15.8. The second kappa shape index (κ2) is 11.0. The number of ether oxygens (including phenoxy) is 2. The van der Waals surface area contributed by atoms with Crippen molar-refractivity contribution in [2.45, 2.75) is 37.7 Å². The number of amides is 1. The monoisotopic (exact) mass is 478 g/mol. The quantitative estimate of drug-likeness (QED) is 0.562. The number of carbonyl (C=O) groups is 1. The first-order valence-electron chi connectivity index (χ1n) is 10.6. The molecular formula is C23H30N2O7S. The Labute approximate surface area is 194 Å². The highest BCUT2D eigenvalue weighted by molar-refractivity contribution is 7.88. The van der Waals surface area contributed by atoms with Crippen molar-refractivity contribution in [1.29, 1.82) is 0 Å². The first-order valence-corrected chi connectivity index (χ1v) is 12.4. The molecule has 0 unspecified atom stereocenters. The van der Waals surface area contributed by atoms with Crippen LogP contribution in [0.1, 0.15) is 17.5 Å². The third-order valence-corrected chi connectivity index (χ3v) is 7.07. The zero-order valence-corrected chi connectivity index (χ0v) is 19.5. The maximum absolute atomic E-state index is 12.9. The van der Waals surface area contributed by atoms with Crippen LogP contribution in [0.25, 0.3) is 0 Å². The average molecular weight is 479 g/mol. The Balaban J connectivity index is 1.82. The number of hydrogen-bond acceptors (Lipinski definition) is 7. The summed E-state index contributed by atoms with van der Waals surface area (Å²) in [5, 5.41) is 20.1. The van der Waals surface area contributed by atoms with Gasteiger partial charge >= 0.3 is 6.09 Å². The van der Waals surface area contributed by atoms with Gasteiger partial charge in [-0.15, -0.1) is 0 Å². The van der Waals surface area contributed by atoms with Crippen LogP contribution >= 0.6 is 0 Å². The minimum Gasteiger partial charge on any atom is -0.497 e. The number of likely N-dealkylation sites (tertiary alicyclic amines) is 1. The van der Waals surface area contributed by atoms with E-state index in [2.05, 4.69) is 0 Å². The topological polar surface area (TPSA) is 117 Å². The van der Waals surface area contributed by atoms with Crippen LogP contribution in [0.4, 0.5) is 4.79 Å². The molecule has 0 aromatic heterocycles. The summed E-state index contributed by atoms with van der Waals surface area (Å²) in [4.78, 5) is 14.2. The molecule has 3 rings (SSSR count). The van der Waals surface area contributed by atoms with Gasteiger partial charge in [0.15, 0.2) is 0 Å². The number of nitrogens with zero attached hydrogens (tertiary/aromatic N) is 2. The molecule has 1 fully saturated rings. The molecule has 1 aliphatic heterocycles. The summed E-state index contributed by atoms with van der Waals surface area (Å²) in [6, 6.07) is 13.8. The minimum absolute atomic E-state index is 0.0266. The van der Waals surface area contributed by atoms with E-state index in [1.54, 1.807) is 31.4 Å². The van der Waals surface area contributed by atoms with Gasteiger partial charge in [-0.2, -0.15) is 4.31 Å². The average Bonchev–Trinajstić information content (AvgIpc) is 3.19. The number of rotatable bonds is 9. The third kappa shape index (κ3) is 6.02. The lowest BCUT2D eigenvalue weighted by Gasteiger charge is -2.33. The van der Waals surface area contributed by atoms with Crippen molar-refractivity contribution in [3.05, 3.63) is 65.7 Å². The largest absolute Gasteiger partial charge is 0.497 e. The molecule has 0 saturated carbocycles. The molecule has 3 atom stereocenters. The van der Waals surface area contributed by atoms with Crippen LogP contribution in [-0.4, -0.2) is 78.6 Å². The Hall–Kier alpha value is -2.66. The van der Waals surface area contributed by atoms with Crippen LogP contribution in [-0.2, 0) is 27.9 Å². The number of aliphatic hydroxyl groups excluding tert-OH is 2. The predicted octanol–water partition coefficient (Wildman–Crippen LogP) is 1.59. The second-order valence-corrected chi connectivity index (χ2v) is 9.93. The maximum atomic E-state index is 12.9. The summed E-state index contributed by atoms with van der Waals surface area (Å²) in [6.45, 7) is -0.780. The SMILES string of the molecule is COc1ccc(CN([C@H]2C[C@@H](CO)N(C(=O)OCc3ccccc3)[C@H]2CO)S(C)(=O)=O)cc1. The van der Waals surface area contributed by atoms with Crippen LogP contribution in [0.2, 0.25) is 0 Å². The number of sulfonamides is 1. The van der Waals surface area contributed by atoms with Gasteiger partial charge in [-0.05, 0) is 29.7 Å². The van der Waals surface area contributed by atoms with Crippen LogP contribution in [0.5, 0.6) is 5.75 Å². The molecule has 1 heterocycles. The molecule has 0 radical (unpaired) electrons. The summed E-state index contributed by atoms with van der Waals surface area (Å²) >= 11 is 0. The van der Waals surface area contributed by atoms with Crippen molar-refractivity contribution in [2.24, 2.45) is 0 Å². The molecule has 1 amide bonds. The molecular weight excluding hydrogens is 448 g/mol. The molecule has 33 heavy (non-hydrogen) atoms. The van der Waals surface area contributed by atoms with Gasteiger partial charge in [0.1, 0.15) is 12.4 Å². The predicted molar refractivity (Wildman–Crippen MR) is 122 cm³/mol. The number of benzene rings is 2. The fourth-order valence-electron chi connectivity index (χ4n) is 4.16. The van der Waals surface area contributed by atoms with E-state index in [-0.39, 0.29) is 26.2 Å². The van der Waals surface area contributed by atoms with E-state index in [4.69, 9.17) is 9.47 Å². The van der Waals surface area contributed by atoms with Gasteiger partial charge in [0.05, 0.1) is 44.7 Å². The number of hydrogen-bond donors (Lipinski definition) is 2. The number of aliphatic hydroxyl groups is 2. The van der Waals surface area contributed by atoms with Crippen LogP contribution < -0.4 is 4.74 Å². The molecule has 2 aromatic rings. The van der Waals surface area contributed by atoms with Crippen molar-refractivity contribution in [3.8, 4) is 5.75 Å². The minimum atomic E-state index is -3.71. The van der Waals surface area contributed by atoms with Gasteiger partial charge in [0.2, 0.25) is 10.0 Å². The van der Waals surface area contributed by atoms with Crippen molar-refractivity contribution < 1.29 is 32.9 Å². The molecule has 0 bridgehead atoms. The van der Waals surface area contributed by atoms with Gasteiger partial charge in [-0.1, -0.05) is 42.5 Å². The van der Waals surface area contributed by atoms with Gasteiger partial charge in [0, 0.05) is 6.54 Å². The summed E-state index contributed by atoms with van der Waals surface area (Å²) in [5.74, 6) is 0.645. The highest BCUT2D eigenvalue weighted by Gasteiger charge is 2.48. The van der Waals surface area contributed by atoms with E-state index in [1.165, 1.54) is 9.21 Å². The van der Waals surface area contributed by atoms with E-state index in [9.17, 15) is 23.4 Å². The summed E-state index contributed by atoms with van der Waals surface area (Å²) in [7, 11) is -2.17. The summed E-state index contributed by atoms with van der Waals surface area (Å²) < 4.78 is 37.3. The molecule has 9 nitrogen and oxygen atoms in total. The lowest BCUT2D eigenvalue weighted by atomic mass is 10.1. The Morgan fingerprint density at radius 3 is 2.27 bits per heavy atom. The lowest BCUT2D eigenvalue weighted by Crippen LogP contribution is -2.51. The first kappa shape index (κ1) is 25.0. The van der Waals surface area contributed by atoms with Crippen molar-refractivity contribution in [1.82, 2.24) is 9.21 Å². The Kier molecular flexibility index (Phi) is 8.30. The van der Waals surface area contributed by atoms with Crippen molar-refractivity contribution >= 4 is 16.1 Å². The van der Waals surface area contributed by atoms with E-state index in [0.717, 1.165) is 17.4 Å². The van der Waals surface area contributed by atoms with Crippen LogP contribution in [0, 0.1) is 0 Å². The highest BCUT2D eigenvalue weighted by atomic mass is 32.2. The molecule has 180 valence electrons.